The molecule has 2 fully saturated rings. The van der Waals surface area contributed by atoms with E-state index >= 15 is 0 Å². The molecule has 1 atom stereocenters. The van der Waals surface area contributed by atoms with E-state index in [-0.39, 0.29) is 5.54 Å². The van der Waals surface area contributed by atoms with Crippen LogP contribution < -0.4 is 5.32 Å². The number of likely N-dealkylation sites (N-methyl/N-ethyl adjacent to an activating group) is 1. The molecule has 0 aromatic carbocycles. The second-order valence-corrected chi connectivity index (χ2v) is 7.01. The molecule has 0 radical (unpaired) electrons. The zero-order valence-corrected chi connectivity index (χ0v) is 15.3. The Morgan fingerprint density at radius 2 is 1.91 bits per heavy atom. The molecule has 23 heavy (non-hydrogen) atoms. The van der Waals surface area contributed by atoms with Crippen LogP contribution in [0.1, 0.15) is 26.2 Å². The second kappa shape index (κ2) is 8.85. The molecular weight excluding hydrogens is 292 g/mol. The summed E-state index contributed by atoms with van der Waals surface area (Å²) in [6.07, 6.45) is 3.24. The van der Waals surface area contributed by atoms with Crippen molar-refractivity contribution in [3.8, 4) is 0 Å². The monoisotopic (exact) mass is 326 g/mol. The smallest absolute Gasteiger partial charge is 0.193 e. The molecule has 6 heteroatoms. The number of aliphatic imine (C=N–C) groups is 1. The van der Waals surface area contributed by atoms with E-state index in [1.807, 2.05) is 0 Å². The van der Waals surface area contributed by atoms with E-state index in [4.69, 9.17) is 14.5 Å². The van der Waals surface area contributed by atoms with Gasteiger partial charge in [0.15, 0.2) is 5.96 Å². The minimum Gasteiger partial charge on any atom is -0.381 e. The molecule has 6 nitrogen and oxygen atoms in total. The van der Waals surface area contributed by atoms with Crippen LogP contribution in [0.3, 0.4) is 0 Å². The van der Waals surface area contributed by atoms with Crippen molar-refractivity contribution in [3.05, 3.63) is 0 Å². The number of rotatable bonds is 6. The van der Waals surface area contributed by atoms with Gasteiger partial charge in [0.1, 0.15) is 0 Å². The molecule has 134 valence electrons. The van der Waals surface area contributed by atoms with E-state index in [2.05, 4.69) is 43.2 Å². The van der Waals surface area contributed by atoms with Gasteiger partial charge in [-0.25, -0.2) is 0 Å². The molecule has 0 bridgehead atoms. The largest absolute Gasteiger partial charge is 0.381 e. The van der Waals surface area contributed by atoms with Gasteiger partial charge < -0.3 is 24.6 Å². The summed E-state index contributed by atoms with van der Waals surface area (Å²) < 4.78 is 11.0. The Hall–Kier alpha value is -0.850. The number of hydrogen-bond donors (Lipinski definition) is 1. The number of nitrogens with zero attached hydrogens (tertiary/aromatic N) is 3. The summed E-state index contributed by atoms with van der Waals surface area (Å²) in [5.74, 6) is 1.63. The van der Waals surface area contributed by atoms with Crippen molar-refractivity contribution >= 4 is 5.96 Å². The minimum absolute atomic E-state index is 0.121. The fourth-order valence-corrected chi connectivity index (χ4v) is 3.39. The van der Waals surface area contributed by atoms with Crippen molar-refractivity contribution in [1.82, 2.24) is 15.1 Å². The van der Waals surface area contributed by atoms with Crippen LogP contribution >= 0.6 is 0 Å². The Kier molecular flexibility index (Phi) is 7.11. The van der Waals surface area contributed by atoms with Gasteiger partial charge in [-0.05, 0) is 40.3 Å². The van der Waals surface area contributed by atoms with E-state index in [1.54, 1.807) is 0 Å². The summed E-state index contributed by atoms with van der Waals surface area (Å²) in [5, 5.41) is 3.44. The van der Waals surface area contributed by atoms with Crippen LogP contribution in [0.2, 0.25) is 0 Å². The Labute approximate surface area is 141 Å². The summed E-state index contributed by atoms with van der Waals surface area (Å²) in [6.45, 7) is 8.28. The van der Waals surface area contributed by atoms with Gasteiger partial charge in [-0.1, -0.05) is 0 Å². The van der Waals surface area contributed by atoms with Crippen LogP contribution in [-0.4, -0.2) is 88.5 Å². The minimum atomic E-state index is 0.121. The molecule has 0 spiro atoms. The summed E-state index contributed by atoms with van der Waals surface area (Å²) >= 11 is 0. The molecule has 2 heterocycles. The van der Waals surface area contributed by atoms with Crippen molar-refractivity contribution in [1.29, 1.82) is 0 Å². The van der Waals surface area contributed by atoms with Crippen LogP contribution in [-0.2, 0) is 9.47 Å². The summed E-state index contributed by atoms with van der Waals surface area (Å²) in [5.41, 5.74) is 0.121. The molecule has 1 N–H and O–H groups in total. The number of ether oxygens (including phenoxy) is 2. The number of hydrogen-bond acceptors (Lipinski definition) is 4. The molecule has 2 aliphatic heterocycles. The summed E-state index contributed by atoms with van der Waals surface area (Å²) in [7, 11) is 6.45. The van der Waals surface area contributed by atoms with Crippen molar-refractivity contribution < 1.29 is 9.47 Å². The highest BCUT2D eigenvalue weighted by atomic mass is 16.5. The first-order valence-electron chi connectivity index (χ1n) is 8.90. The normalized spacial score (nSPS) is 24.9. The third-order valence-corrected chi connectivity index (χ3v) is 5.15. The second-order valence-electron chi connectivity index (χ2n) is 7.01. The number of nitrogens with one attached hydrogen (secondary N) is 1. The van der Waals surface area contributed by atoms with Crippen molar-refractivity contribution in [2.75, 3.05) is 67.2 Å². The van der Waals surface area contributed by atoms with Gasteiger partial charge in [0, 0.05) is 51.4 Å². The highest BCUT2D eigenvalue weighted by Gasteiger charge is 2.34. The lowest BCUT2D eigenvalue weighted by atomic mass is 9.89. The van der Waals surface area contributed by atoms with Crippen LogP contribution in [0.15, 0.2) is 4.99 Å². The van der Waals surface area contributed by atoms with E-state index in [1.165, 1.54) is 0 Å². The zero-order chi connectivity index (χ0) is 16.7. The maximum atomic E-state index is 5.55. The van der Waals surface area contributed by atoms with Gasteiger partial charge in [0.05, 0.1) is 13.2 Å². The SMILES string of the molecule is CCNC(=NCC1(N(C)C)CCOCC1)N(C)CC1CCOC1. The van der Waals surface area contributed by atoms with Gasteiger partial charge >= 0.3 is 0 Å². The molecule has 0 aromatic heterocycles. The average Bonchev–Trinajstić information content (AvgIpc) is 3.05. The third kappa shape index (κ3) is 5.06. The lowest BCUT2D eigenvalue weighted by Crippen LogP contribution is -2.52. The van der Waals surface area contributed by atoms with Crippen LogP contribution in [0.4, 0.5) is 0 Å². The molecule has 0 aromatic rings. The van der Waals surface area contributed by atoms with Gasteiger partial charge in [-0.3, -0.25) is 4.99 Å². The first-order chi connectivity index (χ1) is 11.1. The quantitative estimate of drug-likeness (QED) is 0.584. The fraction of sp³-hybridized carbons (Fsp3) is 0.941. The van der Waals surface area contributed by atoms with E-state index < -0.39 is 0 Å². The fourth-order valence-electron chi connectivity index (χ4n) is 3.39. The first-order valence-corrected chi connectivity index (χ1v) is 8.90. The molecular formula is C17H34N4O2. The van der Waals surface area contributed by atoms with Crippen molar-refractivity contribution in [3.63, 3.8) is 0 Å². The van der Waals surface area contributed by atoms with Crippen LogP contribution in [0.5, 0.6) is 0 Å². The molecule has 0 aliphatic carbocycles. The Bertz CT molecular complexity index is 375. The first kappa shape index (κ1) is 18.5. The van der Waals surface area contributed by atoms with Crippen LogP contribution in [0.25, 0.3) is 0 Å². The maximum Gasteiger partial charge on any atom is 0.193 e. The molecule has 0 amide bonds. The predicted octanol–water partition coefficient (Wildman–Crippen LogP) is 1.03. The lowest BCUT2D eigenvalue weighted by Gasteiger charge is -2.42. The molecule has 2 saturated heterocycles. The maximum absolute atomic E-state index is 5.55. The van der Waals surface area contributed by atoms with Crippen LogP contribution in [0, 0.1) is 5.92 Å². The van der Waals surface area contributed by atoms with Gasteiger partial charge in [-0.15, -0.1) is 0 Å². The zero-order valence-electron chi connectivity index (χ0n) is 15.3. The Morgan fingerprint density at radius 1 is 1.17 bits per heavy atom. The summed E-state index contributed by atoms with van der Waals surface area (Å²) in [6, 6.07) is 0. The van der Waals surface area contributed by atoms with E-state index in [0.717, 1.165) is 71.3 Å². The molecule has 0 saturated carbocycles. The van der Waals surface area contributed by atoms with E-state index in [9.17, 15) is 0 Å². The van der Waals surface area contributed by atoms with Gasteiger partial charge in [-0.2, -0.15) is 0 Å². The summed E-state index contributed by atoms with van der Waals surface area (Å²) in [4.78, 5) is 9.55. The Balaban J connectivity index is 2.00. The average molecular weight is 326 g/mol. The van der Waals surface area contributed by atoms with Crippen molar-refractivity contribution in [2.24, 2.45) is 10.9 Å². The Morgan fingerprint density at radius 3 is 2.48 bits per heavy atom. The van der Waals surface area contributed by atoms with Gasteiger partial charge in [0.25, 0.3) is 0 Å². The van der Waals surface area contributed by atoms with E-state index in [0.29, 0.717) is 5.92 Å². The number of guanidine groups is 1. The van der Waals surface area contributed by atoms with Gasteiger partial charge in [0.2, 0.25) is 0 Å². The molecule has 1 unspecified atom stereocenters. The molecule has 2 rings (SSSR count). The third-order valence-electron chi connectivity index (χ3n) is 5.15. The molecule has 2 aliphatic rings. The predicted molar refractivity (Wildman–Crippen MR) is 94.0 cm³/mol. The topological polar surface area (TPSA) is 49.3 Å². The lowest BCUT2D eigenvalue weighted by molar-refractivity contribution is -0.00263. The highest BCUT2D eigenvalue weighted by Crippen LogP contribution is 2.26. The standard InChI is InChI=1S/C17H34N4O2/c1-5-18-16(21(4)12-15-6-9-23-13-15)19-14-17(20(2)3)7-10-22-11-8-17/h15H,5-14H2,1-4H3,(H,18,19). The highest BCUT2D eigenvalue weighted by molar-refractivity contribution is 5.79. The van der Waals surface area contributed by atoms with Crippen molar-refractivity contribution in [2.45, 2.75) is 31.7 Å².